The van der Waals surface area contributed by atoms with Crippen molar-refractivity contribution in [3.8, 4) is 5.75 Å². The second-order valence-corrected chi connectivity index (χ2v) is 2.37. The van der Waals surface area contributed by atoms with Crippen LogP contribution >= 0.6 is 0 Å². The summed E-state index contributed by atoms with van der Waals surface area (Å²) in [6.45, 7) is 1.73. The fourth-order valence-corrected chi connectivity index (χ4v) is 0.977. The van der Waals surface area contributed by atoms with Gasteiger partial charge in [0.2, 0.25) is 0 Å². The van der Waals surface area contributed by atoms with Gasteiger partial charge in [-0.3, -0.25) is 0 Å². The van der Waals surface area contributed by atoms with Crippen molar-refractivity contribution in [2.24, 2.45) is 5.90 Å². The number of aryl methyl sites for hydroxylation is 1. The third-order valence-corrected chi connectivity index (χ3v) is 1.56. The Morgan fingerprint density at radius 2 is 2.25 bits per heavy atom. The SMILES string of the molecule is Cc1cccc(C(=O)O)c1ON. The molecular formula is C8H9NO3. The Balaban J connectivity index is 3.27. The van der Waals surface area contributed by atoms with Crippen LogP contribution in [0.2, 0.25) is 0 Å². The number of para-hydroxylation sites is 1. The van der Waals surface area contributed by atoms with Gasteiger partial charge in [0.1, 0.15) is 5.56 Å². The van der Waals surface area contributed by atoms with Gasteiger partial charge in [-0.15, -0.1) is 0 Å². The van der Waals surface area contributed by atoms with Crippen molar-refractivity contribution in [3.05, 3.63) is 29.3 Å². The molecule has 0 radical (unpaired) electrons. The highest BCUT2D eigenvalue weighted by Crippen LogP contribution is 2.21. The molecule has 1 aromatic rings. The van der Waals surface area contributed by atoms with Gasteiger partial charge in [0.15, 0.2) is 5.75 Å². The molecule has 0 aromatic heterocycles. The monoisotopic (exact) mass is 167 g/mol. The highest BCUT2D eigenvalue weighted by atomic mass is 16.6. The molecule has 3 N–H and O–H groups in total. The Labute approximate surface area is 69.5 Å². The summed E-state index contributed by atoms with van der Waals surface area (Å²) in [5.41, 5.74) is 0.787. The Kier molecular flexibility index (Phi) is 2.30. The maximum Gasteiger partial charge on any atom is 0.339 e. The molecule has 0 spiro atoms. The van der Waals surface area contributed by atoms with Crippen LogP contribution in [-0.4, -0.2) is 11.1 Å². The van der Waals surface area contributed by atoms with E-state index >= 15 is 0 Å². The van der Waals surface area contributed by atoms with Crippen LogP contribution < -0.4 is 10.7 Å². The van der Waals surface area contributed by atoms with E-state index in [9.17, 15) is 4.79 Å². The van der Waals surface area contributed by atoms with Crippen LogP contribution in [-0.2, 0) is 0 Å². The number of hydrogen-bond donors (Lipinski definition) is 2. The van der Waals surface area contributed by atoms with Crippen LogP contribution in [0, 0.1) is 6.92 Å². The second-order valence-electron chi connectivity index (χ2n) is 2.37. The Morgan fingerprint density at radius 1 is 1.58 bits per heavy atom. The lowest BCUT2D eigenvalue weighted by Crippen LogP contribution is -2.09. The van der Waals surface area contributed by atoms with Crippen molar-refractivity contribution >= 4 is 5.97 Å². The first-order chi connectivity index (χ1) is 5.66. The molecule has 0 atom stereocenters. The number of hydrogen-bond acceptors (Lipinski definition) is 3. The molecule has 64 valence electrons. The van der Waals surface area contributed by atoms with Crippen LogP contribution in [0.3, 0.4) is 0 Å². The molecule has 0 aliphatic rings. The third-order valence-electron chi connectivity index (χ3n) is 1.56. The minimum Gasteiger partial charge on any atom is -0.478 e. The van der Waals surface area contributed by atoms with E-state index in [2.05, 4.69) is 4.84 Å². The molecule has 1 rings (SSSR count). The van der Waals surface area contributed by atoms with Gasteiger partial charge in [0.25, 0.3) is 0 Å². The summed E-state index contributed by atoms with van der Waals surface area (Å²) in [6.07, 6.45) is 0. The summed E-state index contributed by atoms with van der Waals surface area (Å²) in [6, 6.07) is 4.81. The first kappa shape index (κ1) is 8.55. The van der Waals surface area contributed by atoms with Crippen LogP contribution in [0.25, 0.3) is 0 Å². The largest absolute Gasteiger partial charge is 0.478 e. The summed E-state index contributed by atoms with van der Waals surface area (Å²) < 4.78 is 0. The number of carboxylic acids is 1. The topological polar surface area (TPSA) is 72.5 Å². The van der Waals surface area contributed by atoms with Crippen molar-refractivity contribution in [1.29, 1.82) is 0 Å². The quantitative estimate of drug-likeness (QED) is 0.643. The summed E-state index contributed by atoms with van der Waals surface area (Å²) in [7, 11) is 0. The molecular weight excluding hydrogens is 158 g/mol. The molecule has 0 fully saturated rings. The number of aromatic carboxylic acids is 1. The van der Waals surface area contributed by atoms with Gasteiger partial charge in [-0.2, -0.15) is 5.90 Å². The van der Waals surface area contributed by atoms with Crippen molar-refractivity contribution in [3.63, 3.8) is 0 Å². The lowest BCUT2D eigenvalue weighted by Gasteiger charge is -2.05. The highest BCUT2D eigenvalue weighted by Gasteiger charge is 2.12. The van der Waals surface area contributed by atoms with Crippen molar-refractivity contribution in [1.82, 2.24) is 0 Å². The molecule has 1 aromatic carbocycles. The van der Waals surface area contributed by atoms with Crippen LogP contribution in [0.1, 0.15) is 15.9 Å². The smallest absolute Gasteiger partial charge is 0.339 e. The Bertz CT molecular complexity index is 309. The van der Waals surface area contributed by atoms with Gasteiger partial charge in [-0.25, -0.2) is 4.79 Å². The summed E-state index contributed by atoms with van der Waals surface area (Å²) in [5.74, 6) is 4.10. The molecule has 0 saturated heterocycles. The van der Waals surface area contributed by atoms with Crippen LogP contribution in [0.15, 0.2) is 18.2 Å². The van der Waals surface area contributed by atoms with E-state index in [1.807, 2.05) is 0 Å². The van der Waals surface area contributed by atoms with E-state index in [-0.39, 0.29) is 11.3 Å². The maximum atomic E-state index is 10.6. The Morgan fingerprint density at radius 3 is 2.67 bits per heavy atom. The average Bonchev–Trinajstić information content (AvgIpc) is 2.03. The number of nitrogens with two attached hydrogens (primary N) is 1. The minimum absolute atomic E-state index is 0.0810. The van der Waals surface area contributed by atoms with E-state index < -0.39 is 5.97 Å². The lowest BCUT2D eigenvalue weighted by molar-refractivity contribution is 0.0692. The van der Waals surface area contributed by atoms with Gasteiger partial charge >= 0.3 is 5.97 Å². The average molecular weight is 167 g/mol. The fourth-order valence-electron chi connectivity index (χ4n) is 0.977. The molecule has 0 heterocycles. The molecule has 0 saturated carbocycles. The van der Waals surface area contributed by atoms with E-state index in [1.165, 1.54) is 6.07 Å². The molecule has 0 aliphatic carbocycles. The van der Waals surface area contributed by atoms with Gasteiger partial charge in [0, 0.05) is 0 Å². The summed E-state index contributed by atoms with van der Waals surface area (Å²) in [5, 5.41) is 8.69. The summed E-state index contributed by atoms with van der Waals surface area (Å²) >= 11 is 0. The van der Waals surface area contributed by atoms with Gasteiger partial charge in [-0.1, -0.05) is 12.1 Å². The highest BCUT2D eigenvalue weighted by molar-refractivity contribution is 5.91. The number of benzene rings is 1. The molecule has 0 unspecified atom stereocenters. The molecule has 4 heteroatoms. The number of carbonyl (C=O) groups is 1. The van der Waals surface area contributed by atoms with E-state index in [4.69, 9.17) is 11.0 Å². The van der Waals surface area contributed by atoms with Crippen molar-refractivity contribution < 1.29 is 14.7 Å². The molecule has 0 amide bonds. The van der Waals surface area contributed by atoms with Gasteiger partial charge in [-0.05, 0) is 18.6 Å². The third kappa shape index (κ3) is 1.38. The predicted molar refractivity (Wildman–Crippen MR) is 43.0 cm³/mol. The van der Waals surface area contributed by atoms with Crippen molar-refractivity contribution in [2.75, 3.05) is 0 Å². The van der Waals surface area contributed by atoms with Crippen molar-refractivity contribution in [2.45, 2.75) is 6.92 Å². The number of carboxylic acid groups (broad SMARTS) is 1. The van der Waals surface area contributed by atoms with Gasteiger partial charge < -0.3 is 9.94 Å². The zero-order valence-corrected chi connectivity index (χ0v) is 6.57. The van der Waals surface area contributed by atoms with Crippen LogP contribution in [0.4, 0.5) is 0 Å². The van der Waals surface area contributed by atoms with Crippen LogP contribution in [0.5, 0.6) is 5.75 Å². The lowest BCUT2D eigenvalue weighted by atomic mass is 10.1. The molecule has 0 aliphatic heterocycles. The normalized spacial score (nSPS) is 9.50. The van der Waals surface area contributed by atoms with E-state index in [0.29, 0.717) is 5.56 Å². The molecule has 12 heavy (non-hydrogen) atoms. The molecule has 4 nitrogen and oxygen atoms in total. The zero-order chi connectivity index (χ0) is 9.14. The number of rotatable bonds is 2. The second kappa shape index (κ2) is 3.23. The standard InChI is InChI=1S/C8H9NO3/c1-5-3-2-4-6(8(10)11)7(5)12-9/h2-4H,9H2,1H3,(H,10,11). The van der Waals surface area contributed by atoms with E-state index in [0.717, 1.165) is 0 Å². The maximum absolute atomic E-state index is 10.6. The first-order valence-electron chi connectivity index (χ1n) is 3.36. The van der Waals surface area contributed by atoms with Gasteiger partial charge in [0.05, 0.1) is 0 Å². The predicted octanol–water partition coefficient (Wildman–Crippen LogP) is 0.946. The summed E-state index contributed by atoms with van der Waals surface area (Å²) in [4.78, 5) is 15.1. The Hall–Kier alpha value is -1.55. The zero-order valence-electron chi connectivity index (χ0n) is 6.57. The minimum atomic E-state index is -1.04. The fraction of sp³-hybridized carbons (Fsp3) is 0.125. The van der Waals surface area contributed by atoms with E-state index in [1.54, 1.807) is 19.1 Å². The molecule has 0 bridgehead atoms. The first-order valence-corrected chi connectivity index (χ1v) is 3.36.